The number of halogens is 3. The molecule has 0 spiro atoms. The van der Waals surface area contributed by atoms with Crippen molar-refractivity contribution in [3.05, 3.63) is 72.3 Å². The zero-order valence-electron chi connectivity index (χ0n) is 19.0. The molecule has 0 radical (unpaired) electrons. The summed E-state index contributed by atoms with van der Waals surface area (Å²) in [6.45, 7) is 1.33. The van der Waals surface area contributed by atoms with Crippen LogP contribution in [0.15, 0.2) is 66.7 Å². The van der Waals surface area contributed by atoms with Crippen LogP contribution in [0.5, 0.6) is 11.5 Å². The average Bonchev–Trinajstić information content (AvgIpc) is 2.82. The molecule has 0 bridgehead atoms. The van der Waals surface area contributed by atoms with Crippen molar-refractivity contribution in [2.24, 2.45) is 0 Å². The smallest absolute Gasteiger partial charge is 0.432 e. The quantitative estimate of drug-likeness (QED) is 0.371. The minimum Gasteiger partial charge on any atom is -0.497 e. The Bertz CT molecular complexity index is 974. The summed E-state index contributed by atoms with van der Waals surface area (Å²) in [5.74, 6) is -1.57. The van der Waals surface area contributed by atoms with E-state index < -0.39 is 41.5 Å². The van der Waals surface area contributed by atoms with Gasteiger partial charge in [0.15, 0.2) is 6.10 Å². The van der Waals surface area contributed by atoms with Crippen LogP contribution in [0.4, 0.5) is 13.2 Å². The van der Waals surface area contributed by atoms with Gasteiger partial charge in [0, 0.05) is 18.7 Å². The first-order valence-electron chi connectivity index (χ1n) is 10.0. The summed E-state index contributed by atoms with van der Waals surface area (Å²) in [5.41, 5.74) is -3.81. The van der Waals surface area contributed by atoms with Gasteiger partial charge in [-0.1, -0.05) is 30.3 Å². The van der Waals surface area contributed by atoms with Crippen LogP contribution in [0.1, 0.15) is 12.5 Å². The zero-order chi connectivity index (χ0) is 25.4. The molecule has 0 amide bonds. The molecule has 184 valence electrons. The molecule has 0 aromatic heterocycles. The van der Waals surface area contributed by atoms with Crippen LogP contribution in [-0.4, -0.2) is 51.7 Å². The van der Waals surface area contributed by atoms with Gasteiger partial charge in [-0.05, 0) is 37.3 Å². The predicted octanol–water partition coefficient (Wildman–Crippen LogP) is 4.21. The second kappa shape index (κ2) is 11.6. The highest BCUT2D eigenvalue weighted by Gasteiger charge is 2.64. The van der Waals surface area contributed by atoms with E-state index in [1.54, 1.807) is 24.3 Å². The number of alkyl halides is 3. The van der Waals surface area contributed by atoms with Gasteiger partial charge in [-0.3, -0.25) is 0 Å². The Morgan fingerprint density at radius 2 is 1.50 bits per heavy atom. The van der Waals surface area contributed by atoms with Gasteiger partial charge >= 0.3 is 18.1 Å². The SMILES string of the molecule is COC(=O)/C=C/[C@@H](Oc1ccc(OC)cc1)[C@H](C)OC(=O)[C@](OC)(c1ccccc1)C(F)(F)F. The lowest BCUT2D eigenvalue weighted by Gasteiger charge is -2.34. The summed E-state index contributed by atoms with van der Waals surface area (Å²) in [6, 6.07) is 12.7. The van der Waals surface area contributed by atoms with Crippen molar-refractivity contribution in [2.75, 3.05) is 21.3 Å². The lowest BCUT2D eigenvalue weighted by Crippen LogP contribution is -2.53. The van der Waals surface area contributed by atoms with E-state index in [1.165, 1.54) is 38.3 Å². The Kier molecular flexibility index (Phi) is 9.08. The molecular formula is C24H25F3O7. The summed E-state index contributed by atoms with van der Waals surface area (Å²) in [6.07, 6.45) is -5.30. The maximum Gasteiger partial charge on any atom is 0.432 e. The van der Waals surface area contributed by atoms with Crippen LogP contribution in [0.25, 0.3) is 0 Å². The monoisotopic (exact) mass is 482 g/mol. The normalized spacial score (nSPS) is 15.1. The molecule has 0 aliphatic heterocycles. The molecule has 0 fully saturated rings. The van der Waals surface area contributed by atoms with Crippen LogP contribution >= 0.6 is 0 Å². The van der Waals surface area contributed by atoms with Crippen molar-refractivity contribution in [2.45, 2.75) is 30.9 Å². The van der Waals surface area contributed by atoms with E-state index >= 15 is 0 Å². The lowest BCUT2D eigenvalue weighted by molar-refractivity contribution is -0.278. The van der Waals surface area contributed by atoms with E-state index in [9.17, 15) is 22.8 Å². The molecule has 2 aromatic rings. The fourth-order valence-electron chi connectivity index (χ4n) is 3.05. The molecular weight excluding hydrogens is 457 g/mol. The van der Waals surface area contributed by atoms with Gasteiger partial charge < -0.3 is 23.7 Å². The van der Waals surface area contributed by atoms with Gasteiger partial charge in [-0.25, -0.2) is 9.59 Å². The number of methoxy groups -OCH3 is 3. The van der Waals surface area contributed by atoms with Crippen molar-refractivity contribution in [3.63, 3.8) is 0 Å². The minimum absolute atomic E-state index is 0.292. The molecule has 2 rings (SSSR count). The Morgan fingerprint density at radius 1 is 0.912 bits per heavy atom. The fourth-order valence-corrected chi connectivity index (χ4v) is 3.05. The van der Waals surface area contributed by atoms with Gasteiger partial charge in [0.05, 0.1) is 14.2 Å². The molecule has 2 aromatic carbocycles. The number of ether oxygens (including phenoxy) is 5. The Balaban J connectivity index is 2.36. The third-order valence-electron chi connectivity index (χ3n) is 4.88. The molecule has 0 saturated carbocycles. The molecule has 7 nitrogen and oxygen atoms in total. The second-order valence-corrected chi connectivity index (χ2v) is 7.00. The third kappa shape index (κ3) is 6.07. The Morgan fingerprint density at radius 3 is 2.00 bits per heavy atom. The first kappa shape index (κ1) is 26.7. The van der Waals surface area contributed by atoms with Gasteiger partial charge in [0.25, 0.3) is 5.60 Å². The van der Waals surface area contributed by atoms with Crippen molar-refractivity contribution in [1.29, 1.82) is 0 Å². The maximum atomic E-state index is 14.1. The Hall–Kier alpha value is -3.53. The van der Waals surface area contributed by atoms with Gasteiger partial charge in [0.1, 0.15) is 17.6 Å². The van der Waals surface area contributed by atoms with E-state index in [0.29, 0.717) is 11.5 Å². The predicted molar refractivity (Wildman–Crippen MR) is 115 cm³/mol. The number of hydrogen-bond acceptors (Lipinski definition) is 7. The standard InChI is InChI=1S/C24H25F3O7/c1-16(20(14-15-21(28)31-3)34-19-12-10-18(30-2)11-13-19)33-22(29)23(32-4,24(25,26)27)17-8-6-5-7-9-17/h5-16,20H,1-4H3/b15-14+/t16-,20+,23+/m0/s1. The van der Waals surface area contributed by atoms with Crippen LogP contribution in [-0.2, 0) is 29.4 Å². The van der Waals surface area contributed by atoms with E-state index in [2.05, 4.69) is 4.74 Å². The van der Waals surface area contributed by atoms with Crippen molar-refractivity contribution in [1.82, 2.24) is 0 Å². The number of esters is 2. The third-order valence-corrected chi connectivity index (χ3v) is 4.88. The summed E-state index contributed by atoms with van der Waals surface area (Å²) < 4.78 is 67.7. The molecule has 0 heterocycles. The number of rotatable bonds is 10. The van der Waals surface area contributed by atoms with Gasteiger partial charge in [-0.2, -0.15) is 13.2 Å². The van der Waals surface area contributed by atoms with Crippen LogP contribution in [0.3, 0.4) is 0 Å². The molecule has 0 unspecified atom stereocenters. The average molecular weight is 482 g/mol. The van der Waals surface area contributed by atoms with Gasteiger partial charge in [0.2, 0.25) is 0 Å². The molecule has 0 aliphatic rings. The largest absolute Gasteiger partial charge is 0.497 e. The van der Waals surface area contributed by atoms with Crippen LogP contribution in [0.2, 0.25) is 0 Å². The minimum atomic E-state index is -5.13. The molecule has 0 N–H and O–H groups in total. The molecule has 3 atom stereocenters. The van der Waals surface area contributed by atoms with E-state index in [-0.39, 0.29) is 0 Å². The molecule has 10 heteroatoms. The topological polar surface area (TPSA) is 80.3 Å². The Labute approximate surface area is 195 Å². The first-order valence-corrected chi connectivity index (χ1v) is 10.0. The number of carbonyl (C=O) groups excluding carboxylic acids is 2. The summed E-state index contributed by atoms with van der Waals surface area (Å²) in [4.78, 5) is 24.5. The van der Waals surface area contributed by atoms with Gasteiger partial charge in [-0.15, -0.1) is 0 Å². The second-order valence-electron chi connectivity index (χ2n) is 7.00. The number of hydrogen-bond donors (Lipinski definition) is 0. The van der Waals surface area contributed by atoms with E-state index in [4.69, 9.17) is 18.9 Å². The zero-order valence-corrected chi connectivity index (χ0v) is 19.0. The number of benzene rings is 2. The summed E-state index contributed by atoms with van der Waals surface area (Å²) in [5, 5.41) is 0. The maximum absolute atomic E-state index is 14.1. The van der Waals surface area contributed by atoms with Crippen molar-refractivity contribution in [3.8, 4) is 11.5 Å². The molecule has 0 saturated heterocycles. The molecule has 34 heavy (non-hydrogen) atoms. The fraction of sp³-hybridized carbons (Fsp3) is 0.333. The van der Waals surface area contributed by atoms with Crippen molar-refractivity contribution >= 4 is 11.9 Å². The summed E-state index contributed by atoms with van der Waals surface area (Å²) in [7, 11) is 3.41. The summed E-state index contributed by atoms with van der Waals surface area (Å²) >= 11 is 0. The van der Waals surface area contributed by atoms with E-state index in [0.717, 1.165) is 32.4 Å². The highest BCUT2D eigenvalue weighted by atomic mass is 19.4. The lowest BCUT2D eigenvalue weighted by atomic mass is 9.92. The van der Waals surface area contributed by atoms with Crippen LogP contribution < -0.4 is 9.47 Å². The van der Waals surface area contributed by atoms with Crippen LogP contribution in [0, 0.1) is 0 Å². The highest BCUT2D eigenvalue weighted by Crippen LogP contribution is 2.43. The first-order chi connectivity index (χ1) is 16.1. The highest BCUT2D eigenvalue weighted by molar-refractivity contribution is 5.83. The van der Waals surface area contributed by atoms with Crippen molar-refractivity contribution < 1.29 is 46.4 Å². The molecule has 0 aliphatic carbocycles. The number of carbonyl (C=O) groups is 2. The van der Waals surface area contributed by atoms with E-state index in [1.807, 2.05) is 0 Å².